The largest absolute Gasteiger partial charge is 0.514 e. The van der Waals surface area contributed by atoms with Gasteiger partial charge in [0.05, 0.1) is 19.4 Å². The predicted molar refractivity (Wildman–Crippen MR) is 328 cm³/mol. The number of hydrogen-bond donors (Lipinski definition) is 5. The molecule has 1 aliphatic heterocycles. The van der Waals surface area contributed by atoms with Crippen molar-refractivity contribution in [1.29, 1.82) is 0 Å². The minimum Gasteiger partial charge on any atom is -0.491 e. The summed E-state index contributed by atoms with van der Waals surface area (Å²) >= 11 is 0. The maximum absolute atomic E-state index is 15.3. The Hall–Kier alpha value is -6.89. The number of amides is 6. The number of esters is 1. The molecular weight excluding hydrogens is 1150 g/mol. The van der Waals surface area contributed by atoms with Gasteiger partial charge >= 0.3 is 30.4 Å². The van der Waals surface area contributed by atoms with Crippen LogP contribution in [0.4, 0.5) is 19.2 Å². The lowest BCUT2D eigenvalue weighted by Gasteiger charge is -2.33. The van der Waals surface area contributed by atoms with Crippen molar-refractivity contribution in [2.45, 2.75) is 221 Å². The number of likely N-dealkylation sites (N-methyl/N-ethyl adjacent to an activating group) is 1. The van der Waals surface area contributed by atoms with Crippen LogP contribution in [0.1, 0.15) is 185 Å². The molecule has 490 valence electrons. The second-order valence-electron chi connectivity index (χ2n) is 25.7. The van der Waals surface area contributed by atoms with E-state index >= 15 is 9.59 Å². The number of sulfonamides is 1. The van der Waals surface area contributed by atoms with Gasteiger partial charge in [-0.25, -0.2) is 37.1 Å². The Morgan fingerprint density at radius 2 is 1.23 bits per heavy atom. The van der Waals surface area contributed by atoms with Gasteiger partial charge in [-0.05, 0) is 151 Å². The molecule has 3 rings (SSSR count). The van der Waals surface area contributed by atoms with E-state index in [1.807, 2.05) is 0 Å². The van der Waals surface area contributed by atoms with E-state index in [0.29, 0.717) is 12.0 Å². The fraction of sp³-hybridized carbons (Fsp3) is 0.677. The highest BCUT2D eigenvalue weighted by atomic mass is 32.2. The van der Waals surface area contributed by atoms with E-state index in [2.05, 4.69) is 32.9 Å². The summed E-state index contributed by atoms with van der Waals surface area (Å²) in [5.41, 5.74) is -2.60. The van der Waals surface area contributed by atoms with Gasteiger partial charge in [0, 0.05) is 44.2 Å². The number of hydrogen-bond acceptors (Lipinski definition) is 17. The van der Waals surface area contributed by atoms with Crippen molar-refractivity contribution in [3.63, 3.8) is 0 Å². The van der Waals surface area contributed by atoms with Crippen LogP contribution in [0.15, 0.2) is 36.4 Å². The van der Waals surface area contributed by atoms with Crippen molar-refractivity contribution in [2.24, 2.45) is 0 Å². The van der Waals surface area contributed by atoms with E-state index in [1.165, 1.54) is 43.1 Å². The van der Waals surface area contributed by atoms with Gasteiger partial charge in [0.2, 0.25) is 27.7 Å². The molecule has 5 N–H and O–H groups in total. The Balaban J connectivity index is 2.26. The number of carbonyl (C=O) groups excluding carboxylic acids is 8. The van der Waals surface area contributed by atoms with Crippen molar-refractivity contribution in [1.82, 2.24) is 35.8 Å². The highest BCUT2D eigenvalue weighted by Gasteiger charge is 2.38. The maximum atomic E-state index is 15.3. The first-order valence-corrected chi connectivity index (χ1v) is 31.7. The molecule has 4 atom stereocenters. The number of carbonyl (C=O) groups is 8. The molecule has 6 amide bonds. The average molecular weight is 1250 g/mol. The summed E-state index contributed by atoms with van der Waals surface area (Å²) in [7, 11) is -2.01. The van der Waals surface area contributed by atoms with E-state index in [-0.39, 0.29) is 86.7 Å². The van der Waals surface area contributed by atoms with Gasteiger partial charge in [-0.15, -0.1) is 0 Å². The van der Waals surface area contributed by atoms with Crippen molar-refractivity contribution >= 4 is 58.1 Å². The predicted octanol–water partition coefficient (Wildman–Crippen LogP) is 9.15. The second-order valence-corrected chi connectivity index (χ2v) is 27.5. The summed E-state index contributed by atoms with van der Waals surface area (Å²) in [6.45, 7) is 23.7. The molecular formula is C62H99N7O17S. The molecule has 2 aromatic rings. The monoisotopic (exact) mass is 1250 g/mol. The maximum Gasteiger partial charge on any atom is 0.514 e. The first kappa shape index (κ1) is 74.4. The third-order valence-corrected chi connectivity index (χ3v) is 14.4. The number of benzene rings is 2. The van der Waals surface area contributed by atoms with Crippen LogP contribution in [0.5, 0.6) is 11.5 Å². The molecule has 0 saturated heterocycles. The summed E-state index contributed by atoms with van der Waals surface area (Å²) in [5.74, 6) is -4.03. The Morgan fingerprint density at radius 3 is 1.82 bits per heavy atom. The molecule has 1 heterocycles. The fourth-order valence-corrected chi connectivity index (χ4v) is 10.2. The average Bonchev–Trinajstić information content (AvgIpc) is 1.00. The smallest absolute Gasteiger partial charge is 0.491 e. The molecule has 0 saturated carbocycles. The zero-order valence-electron chi connectivity index (χ0n) is 54.2. The minimum absolute atomic E-state index is 0.0509. The van der Waals surface area contributed by atoms with Crippen LogP contribution in [0.3, 0.4) is 0 Å². The molecule has 2 aromatic carbocycles. The zero-order chi connectivity index (χ0) is 65.5. The molecule has 1 aliphatic rings. The van der Waals surface area contributed by atoms with Gasteiger partial charge in [-0.2, -0.15) is 0 Å². The zero-order valence-corrected chi connectivity index (χ0v) is 55.1. The van der Waals surface area contributed by atoms with Crippen LogP contribution in [-0.2, 0) is 59.3 Å². The summed E-state index contributed by atoms with van der Waals surface area (Å²) in [6.07, 6.45) is 4.89. The molecule has 0 radical (unpaired) electrons. The number of alkyl carbamates (subject to hydrolysis) is 2. The van der Waals surface area contributed by atoms with Crippen molar-refractivity contribution in [2.75, 3.05) is 52.7 Å². The summed E-state index contributed by atoms with van der Waals surface area (Å²) in [6, 6.07) is 3.18. The van der Waals surface area contributed by atoms with Crippen molar-refractivity contribution in [3.05, 3.63) is 47.5 Å². The van der Waals surface area contributed by atoms with Gasteiger partial charge in [-0.3, -0.25) is 14.4 Å². The van der Waals surface area contributed by atoms with E-state index in [4.69, 9.17) is 33.2 Å². The number of ether oxygens (including phenoxy) is 7. The number of nitrogens with one attached hydrogen (secondary N) is 5. The number of nitrogens with zero attached hydrogens (tertiary/aromatic N) is 2. The third kappa shape index (κ3) is 28.2. The molecule has 0 fully saturated rings. The minimum atomic E-state index is -4.44. The number of rotatable bonds is 27. The highest BCUT2D eigenvalue weighted by molar-refractivity contribution is 7.89. The molecule has 0 aromatic heterocycles. The van der Waals surface area contributed by atoms with Gasteiger partial charge in [-0.1, -0.05) is 64.0 Å². The van der Waals surface area contributed by atoms with Crippen LogP contribution in [0.25, 0.3) is 11.1 Å². The standard InChI is InChI=1S/C62H99N7O17S/c1-17-18-19-20-21-22-23-26-34-69(57(76)85-61(9,10)11)35-37-87(78,79)67-46(27-24-25-32-63-55(74)83-59(3,4)5)53(72)68(15)50-43-29-31-48(81-36-33-64-56(75)84-60(6,7)8)45(40-43)44-38-42(28-30-49(44)82-58(77)86-62(12,13)14)39-47(54(73)80-16)66-51(70)41(2)65-52(50)71/h28-31,38,40-41,46-47,50,67H,17-27,32-37,39H2,1-16H3,(H,63,74)(H,64,75)(H,65,71)(H,66,70)/t41-,46-,47-,50-/m0/s1. The summed E-state index contributed by atoms with van der Waals surface area (Å²) in [5, 5.41) is 10.6. The van der Waals surface area contributed by atoms with Crippen LogP contribution in [0, 0.1) is 0 Å². The van der Waals surface area contributed by atoms with E-state index in [0.717, 1.165) is 57.0 Å². The highest BCUT2D eigenvalue weighted by Crippen LogP contribution is 2.41. The molecule has 0 spiro atoms. The lowest BCUT2D eigenvalue weighted by atomic mass is 9.93. The second kappa shape index (κ2) is 34.0. The molecule has 0 aliphatic carbocycles. The Bertz CT molecular complexity index is 2750. The Kier molecular flexibility index (Phi) is 29.1. The van der Waals surface area contributed by atoms with E-state index in [9.17, 15) is 37.2 Å². The summed E-state index contributed by atoms with van der Waals surface area (Å²) < 4.78 is 70.6. The van der Waals surface area contributed by atoms with Gasteiger partial charge in [0.1, 0.15) is 64.7 Å². The fourth-order valence-electron chi connectivity index (χ4n) is 8.97. The summed E-state index contributed by atoms with van der Waals surface area (Å²) in [4.78, 5) is 112. The topological polar surface area (TPSA) is 302 Å². The van der Waals surface area contributed by atoms with Gasteiger partial charge < -0.3 is 64.2 Å². The van der Waals surface area contributed by atoms with Crippen molar-refractivity contribution < 1.29 is 79.9 Å². The number of unbranched alkanes of at least 4 members (excludes halogenated alkanes) is 8. The first-order valence-electron chi connectivity index (χ1n) is 30.1. The molecule has 4 bridgehead atoms. The van der Waals surface area contributed by atoms with Crippen LogP contribution in [-0.4, -0.2) is 160 Å². The first-order chi connectivity index (χ1) is 40.4. The van der Waals surface area contributed by atoms with E-state index in [1.54, 1.807) is 95.2 Å². The van der Waals surface area contributed by atoms with Crippen LogP contribution < -0.4 is 35.5 Å². The Labute approximate surface area is 515 Å². The lowest BCUT2D eigenvalue weighted by Crippen LogP contribution is -2.55. The lowest BCUT2D eigenvalue weighted by molar-refractivity contribution is -0.145. The Morgan fingerprint density at radius 1 is 0.667 bits per heavy atom. The molecule has 0 unspecified atom stereocenters. The van der Waals surface area contributed by atoms with Crippen molar-refractivity contribution in [3.8, 4) is 22.6 Å². The molecule has 87 heavy (non-hydrogen) atoms. The number of fused-ring (bicyclic) bond motifs is 5. The molecule has 25 heteroatoms. The van der Waals surface area contributed by atoms with Crippen LogP contribution >= 0.6 is 0 Å². The SMILES string of the molecule is CCCCCCCCCCN(CCS(=O)(=O)N[C@@H](CCCCNC(=O)OC(C)(C)C)C(=O)N(C)[C@@H]1C(=O)N[C@@H](C)C(=O)N[C@H](C(=O)OC)Cc2ccc(OC(=O)OC(C)(C)C)c(c2)-c2cc1ccc2OCCNC(=O)OC(C)(C)C)C(=O)OC(C)(C)C. The normalized spacial score (nSPS) is 16.1. The van der Waals surface area contributed by atoms with Gasteiger partial charge in [0.15, 0.2) is 0 Å². The van der Waals surface area contributed by atoms with E-state index < -0.39 is 110 Å². The number of methoxy groups -OCH3 is 1. The quantitative estimate of drug-likeness (QED) is 0.0241. The van der Waals surface area contributed by atoms with Gasteiger partial charge in [0.25, 0.3) is 0 Å². The molecule has 24 nitrogen and oxygen atoms in total. The van der Waals surface area contributed by atoms with Crippen LogP contribution in [0.2, 0.25) is 0 Å². The third-order valence-electron chi connectivity index (χ3n) is 13.0.